The average molecular weight is 1140 g/mol. The molecule has 9 nitrogen and oxygen atoms in total. The molecule has 12 rings (SSSR count). The highest BCUT2D eigenvalue weighted by Gasteiger charge is 2.63. The molecule has 0 aromatic heterocycles. The van der Waals surface area contributed by atoms with Crippen LogP contribution in [0.1, 0.15) is 216 Å². The normalized spacial score (nSPS) is 47.6. The Hall–Kier alpha value is -2.49. The average Bonchev–Trinajstić information content (AvgIpc) is 4.11. The minimum atomic E-state index is -0.145. The van der Waals surface area contributed by atoms with Crippen LogP contribution in [-0.4, -0.2) is 55.1 Å². The number of hydrogen-bond donors (Lipinski definition) is 0. The zero-order chi connectivity index (χ0) is 56.1. The van der Waals surface area contributed by atoms with Gasteiger partial charge in [0.2, 0.25) is 0 Å². The topological polar surface area (TPSA) is 130 Å². The largest absolute Gasteiger partial charge is 0.463 e. The second-order valence-electron chi connectivity index (χ2n) is 29.3. The van der Waals surface area contributed by atoms with Gasteiger partial charge in [-0.25, -0.2) is 0 Å². The Balaban J connectivity index is 0.000000132. The Morgan fingerprint density at radius 3 is 0.872 bits per heavy atom. The van der Waals surface area contributed by atoms with Gasteiger partial charge >= 0.3 is 17.9 Å². The molecule has 21 atom stereocenters. The summed E-state index contributed by atoms with van der Waals surface area (Å²) >= 11 is 20.0. The third-order valence-corrected chi connectivity index (χ3v) is 28.1. The molecule has 12 heteroatoms. The van der Waals surface area contributed by atoms with Crippen molar-refractivity contribution in [3.63, 3.8) is 0 Å². The van der Waals surface area contributed by atoms with Gasteiger partial charge in [0.1, 0.15) is 37.2 Å². The van der Waals surface area contributed by atoms with E-state index < -0.39 is 0 Å². The van der Waals surface area contributed by atoms with Crippen LogP contribution in [0.2, 0.25) is 0 Å². The first-order chi connectivity index (χ1) is 36.9. The highest BCUT2D eigenvalue weighted by atomic mass is 35.5. The number of carbonyl (C=O) groups is 6. The molecule has 78 heavy (non-hydrogen) atoms. The molecular formula is C66H93Cl3O9. The van der Waals surface area contributed by atoms with Crippen LogP contribution in [0.15, 0.2) is 31.8 Å². The lowest BCUT2D eigenvalue weighted by atomic mass is 9.45. The van der Waals surface area contributed by atoms with Crippen LogP contribution < -0.4 is 0 Å². The summed E-state index contributed by atoms with van der Waals surface area (Å²) in [4.78, 5) is 68.6. The van der Waals surface area contributed by atoms with Crippen molar-refractivity contribution in [1.82, 2.24) is 0 Å². The summed E-state index contributed by atoms with van der Waals surface area (Å²) in [6.45, 7) is 18.9. The van der Waals surface area contributed by atoms with Gasteiger partial charge in [-0.2, -0.15) is 0 Å². The molecule has 0 unspecified atom stereocenters. The lowest BCUT2D eigenvalue weighted by Gasteiger charge is -2.60. The first kappa shape index (κ1) is 58.7. The van der Waals surface area contributed by atoms with E-state index in [9.17, 15) is 28.8 Å². The maximum absolute atomic E-state index is 11.5. The van der Waals surface area contributed by atoms with Crippen molar-refractivity contribution in [2.75, 3.05) is 0 Å². The lowest BCUT2D eigenvalue weighted by Crippen LogP contribution is -2.53. The van der Waals surface area contributed by atoms with Crippen molar-refractivity contribution in [1.29, 1.82) is 0 Å². The van der Waals surface area contributed by atoms with Crippen LogP contribution in [0.25, 0.3) is 0 Å². The molecule has 0 radical (unpaired) electrons. The Morgan fingerprint density at radius 2 is 0.641 bits per heavy atom. The minimum Gasteiger partial charge on any atom is -0.463 e. The predicted molar refractivity (Wildman–Crippen MR) is 305 cm³/mol. The van der Waals surface area contributed by atoms with Gasteiger partial charge in [-0.15, -0.1) is 0 Å². The summed E-state index contributed by atoms with van der Waals surface area (Å²) in [7, 11) is 0. The van der Waals surface area contributed by atoms with Crippen LogP contribution >= 0.6 is 34.8 Å². The first-order valence-electron chi connectivity index (χ1n) is 30.9. The monoisotopic (exact) mass is 1130 g/mol. The van der Waals surface area contributed by atoms with E-state index in [0.717, 1.165) is 147 Å². The van der Waals surface area contributed by atoms with Crippen LogP contribution in [-0.2, 0) is 43.0 Å². The van der Waals surface area contributed by atoms with Crippen LogP contribution in [0.3, 0.4) is 0 Å². The quantitative estimate of drug-likeness (QED) is 0.145. The van der Waals surface area contributed by atoms with E-state index in [1.165, 1.54) is 78.6 Å². The maximum atomic E-state index is 11.5. The number of esters is 3. The van der Waals surface area contributed by atoms with Crippen LogP contribution in [0, 0.1) is 104 Å². The van der Waals surface area contributed by atoms with Gasteiger partial charge in [-0.05, 0) is 241 Å². The number of aldehydes is 3. The molecule has 9 saturated carbocycles. The van der Waals surface area contributed by atoms with Gasteiger partial charge < -0.3 is 14.2 Å². The number of carbonyl (C=O) groups excluding carboxylic acids is 6. The molecule has 9 fully saturated rings. The van der Waals surface area contributed by atoms with Crippen molar-refractivity contribution in [2.45, 2.75) is 235 Å². The van der Waals surface area contributed by atoms with Crippen LogP contribution in [0.4, 0.5) is 0 Å². The predicted octanol–water partition coefficient (Wildman–Crippen LogP) is 15.8. The number of ether oxygens (including phenoxy) is 3. The second kappa shape index (κ2) is 21.9. The summed E-state index contributed by atoms with van der Waals surface area (Å²) in [6.07, 6.45) is 29.8. The van der Waals surface area contributed by atoms with Crippen molar-refractivity contribution < 1.29 is 43.0 Å². The van der Waals surface area contributed by atoms with Gasteiger partial charge in [0, 0.05) is 68.8 Å². The molecule has 432 valence electrons. The smallest absolute Gasteiger partial charge is 0.302 e. The Morgan fingerprint density at radius 1 is 0.385 bits per heavy atom. The fourth-order valence-corrected chi connectivity index (χ4v) is 23.0. The standard InChI is InChI=1S/3C22H31ClO3/c3*1-13(25)26-16-6-8-21(2)15(11-16)4-5-17-18(21)7-9-22(3)19(17)10-14(12-24)20(22)23/h3*12,15-19H,4-11H2,1-3H3/t3*15-,16-,17+,18-,19-,21-,22-/m111/s1. The van der Waals surface area contributed by atoms with Crippen molar-refractivity contribution in [3.05, 3.63) is 31.8 Å². The fourth-order valence-electron chi connectivity index (χ4n) is 22.0. The molecule has 12 aliphatic rings. The zero-order valence-electron chi connectivity index (χ0n) is 48.7. The first-order valence-corrected chi connectivity index (χ1v) is 32.1. The molecule has 0 aromatic carbocycles. The number of allylic oxidation sites excluding steroid dienone is 6. The molecule has 0 spiro atoms. The fraction of sp³-hybridized carbons (Fsp3) is 0.818. The van der Waals surface area contributed by atoms with Gasteiger partial charge in [-0.1, -0.05) is 76.3 Å². The third kappa shape index (κ3) is 9.81. The molecule has 0 heterocycles. The van der Waals surface area contributed by atoms with E-state index >= 15 is 0 Å². The van der Waals surface area contributed by atoms with E-state index in [0.29, 0.717) is 87.3 Å². The van der Waals surface area contributed by atoms with Crippen molar-refractivity contribution >= 4 is 71.6 Å². The highest BCUT2D eigenvalue weighted by Crippen LogP contribution is 2.71. The molecule has 0 bridgehead atoms. The molecule has 0 saturated heterocycles. The summed E-state index contributed by atoms with van der Waals surface area (Å²) in [5, 5.41) is 2.55. The summed E-state index contributed by atoms with van der Waals surface area (Å²) in [5.74, 6) is 7.27. The Kier molecular flexibility index (Phi) is 16.5. The summed E-state index contributed by atoms with van der Waals surface area (Å²) in [6, 6.07) is 0. The molecular weight excluding hydrogens is 1040 g/mol. The molecule has 0 aliphatic heterocycles. The van der Waals surface area contributed by atoms with Gasteiger partial charge in [0.25, 0.3) is 0 Å². The molecule has 12 aliphatic carbocycles. The van der Waals surface area contributed by atoms with E-state index in [2.05, 4.69) is 41.5 Å². The van der Waals surface area contributed by atoms with Gasteiger partial charge in [0.05, 0.1) is 0 Å². The SMILES string of the molecule is CC(=O)O[C@@H]1CC[C@]2(C)[C@H](CC[C@H]3[C@H]2CC[C@@]2(C)C(Cl)=C(C=O)C[C@H]32)C1.CC(=O)O[C@@H]1CC[C@]2(C)[C@H](CC[C@H]3[C@H]2CC[C@@]2(C)C(Cl)=C(C=O)C[C@H]32)C1.CC(=O)O[C@@H]1CC[C@]2(C)[C@H](CC[C@H]3[C@H]2CC[C@@]2(C)C(Cl)=C(C=O)C[C@H]32)C1. The number of rotatable bonds is 6. The Bertz CT molecular complexity index is 2230. The Labute approximate surface area is 482 Å². The number of halogens is 3. The highest BCUT2D eigenvalue weighted by molar-refractivity contribution is 6.33. The van der Waals surface area contributed by atoms with Crippen LogP contribution in [0.5, 0.6) is 0 Å². The van der Waals surface area contributed by atoms with Gasteiger partial charge in [0.15, 0.2) is 0 Å². The van der Waals surface area contributed by atoms with E-state index in [4.69, 9.17) is 49.0 Å². The summed E-state index contributed by atoms with van der Waals surface area (Å²) < 4.78 is 16.6. The van der Waals surface area contributed by atoms with Gasteiger partial charge in [-0.3, -0.25) is 28.8 Å². The molecule has 0 N–H and O–H groups in total. The third-order valence-electron chi connectivity index (χ3n) is 26.1. The summed E-state index contributed by atoms with van der Waals surface area (Å²) in [5.41, 5.74) is 3.62. The van der Waals surface area contributed by atoms with E-state index in [-0.39, 0.29) is 52.5 Å². The maximum Gasteiger partial charge on any atom is 0.302 e. The molecule has 0 aromatic rings. The van der Waals surface area contributed by atoms with E-state index in [1.807, 2.05) is 0 Å². The van der Waals surface area contributed by atoms with E-state index in [1.54, 1.807) is 0 Å². The number of hydrogen-bond acceptors (Lipinski definition) is 9. The number of fused-ring (bicyclic) bond motifs is 15. The lowest BCUT2D eigenvalue weighted by molar-refractivity contribution is -0.159. The second-order valence-corrected chi connectivity index (χ2v) is 30.5. The van der Waals surface area contributed by atoms with Crippen molar-refractivity contribution in [3.8, 4) is 0 Å². The molecule has 0 amide bonds. The zero-order valence-corrected chi connectivity index (χ0v) is 50.9. The van der Waals surface area contributed by atoms with Crippen molar-refractivity contribution in [2.24, 2.45) is 104 Å². The minimum absolute atomic E-state index is 0.0110.